The Hall–Kier alpha value is -5.91. The van der Waals surface area contributed by atoms with E-state index in [1.807, 2.05) is 97.1 Å². The van der Waals surface area contributed by atoms with Gasteiger partial charge in [0.1, 0.15) is 23.5 Å². The number of para-hydroxylation sites is 2. The number of fused-ring (bicyclic) bond motifs is 9. The molecule has 1 heterocycles. The van der Waals surface area contributed by atoms with E-state index < -0.39 is 11.6 Å². The average molecular weight is 597 g/mol. The molecule has 0 aromatic heterocycles. The highest BCUT2D eigenvalue weighted by molar-refractivity contribution is 6.03. The van der Waals surface area contributed by atoms with Crippen molar-refractivity contribution in [2.45, 2.75) is 11.6 Å². The molecule has 0 bridgehead atoms. The fraction of sp³-hybridized carbons (Fsp3) is 0.0488. The Morgan fingerprint density at radius 3 is 1.91 bits per heavy atom. The highest BCUT2D eigenvalue weighted by Crippen LogP contribution is 2.63. The van der Waals surface area contributed by atoms with Crippen molar-refractivity contribution in [1.82, 2.24) is 5.32 Å². The highest BCUT2D eigenvalue weighted by Gasteiger charge is 2.51. The molecule has 8 rings (SSSR count). The molecule has 6 aromatic carbocycles. The second kappa shape index (κ2) is 10.9. The summed E-state index contributed by atoms with van der Waals surface area (Å²) in [5.41, 5.74) is 23.9. The van der Waals surface area contributed by atoms with Crippen molar-refractivity contribution in [1.29, 1.82) is 0 Å². The quantitative estimate of drug-likeness (QED) is 0.106. The Morgan fingerprint density at radius 1 is 0.652 bits per heavy atom. The number of anilines is 1. The molecular formula is C41H32N4O. The van der Waals surface area contributed by atoms with Crippen LogP contribution >= 0.6 is 0 Å². The number of rotatable bonds is 5. The van der Waals surface area contributed by atoms with Crippen molar-refractivity contribution in [3.8, 4) is 22.6 Å². The van der Waals surface area contributed by atoms with E-state index in [2.05, 4.69) is 60.4 Å². The summed E-state index contributed by atoms with van der Waals surface area (Å²) in [6.45, 7) is 4.28. The van der Waals surface area contributed by atoms with Crippen LogP contribution in [0.15, 0.2) is 157 Å². The molecule has 1 atom stereocenters. The van der Waals surface area contributed by atoms with Crippen molar-refractivity contribution in [2.75, 3.05) is 5.73 Å². The Kier molecular flexibility index (Phi) is 6.55. The number of ether oxygens (including phenoxy) is 1. The maximum Gasteiger partial charge on any atom is 0.134 e. The van der Waals surface area contributed by atoms with Crippen molar-refractivity contribution >= 4 is 17.2 Å². The minimum atomic E-state index is -0.657. The van der Waals surface area contributed by atoms with Gasteiger partial charge in [-0.3, -0.25) is 0 Å². The molecule has 5 heteroatoms. The Labute approximate surface area is 268 Å². The van der Waals surface area contributed by atoms with Crippen LogP contribution in [0.5, 0.6) is 11.5 Å². The number of nitrogens with two attached hydrogens (primary N) is 2. The number of hydrogen-bond donors (Lipinski definition) is 3. The maximum absolute atomic E-state index is 6.91. The fourth-order valence-corrected chi connectivity index (χ4v) is 7.03. The zero-order valence-electron chi connectivity index (χ0n) is 25.2. The lowest BCUT2D eigenvalue weighted by Crippen LogP contribution is -2.32. The molecular weight excluding hydrogens is 564 g/mol. The molecule has 0 saturated heterocycles. The van der Waals surface area contributed by atoms with Crippen LogP contribution in [-0.2, 0) is 5.41 Å². The first kappa shape index (κ1) is 27.6. The molecule has 0 fully saturated rings. The van der Waals surface area contributed by atoms with Gasteiger partial charge in [0.25, 0.3) is 0 Å². The Bertz CT molecular complexity index is 2110. The maximum atomic E-state index is 6.91. The van der Waals surface area contributed by atoms with Gasteiger partial charge in [0.15, 0.2) is 0 Å². The van der Waals surface area contributed by atoms with E-state index >= 15 is 0 Å². The van der Waals surface area contributed by atoms with Crippen molar-refractivity contribution < 1.29 is 4.74 Å². The number of hydrogen-bond acceptors (Lipinski definition) is 4. The normalized spacial score (nSPS) is 14.3. The molecule has 1 aliphatic carbocycles. The zero-order chi connectivity index (χ0) is 31.3. The van der Waals surface area contributed by atoms with E-state index in [0.29, 0.717) is 5.84 Å². The first-order chi connectivity index (χ1) is 22.6. The highest BCUT2D eigenvalue weighted by atomic mass is 16.5. The summed E-state index contributed by atoms with van der Waals surface area (Å²) >= 11 is 0. The lowest BCUT2D eigenvalue weighted by molar-refractivity contribution is 0.436. The molecule has 0 saturated carbocycles. The van der Waals surface area contributed by atoms with Gasteiger partial charge < -0.3 is 21.5 Å². The van der Waals surface area contributed by atoms with Crippen molar-refractivity contribution in [3.63, 3.8) is 0 Å². The van der Waals surface area contributed by atoms with Gasteiger partial charge in [-0.2, -0.15) is 0 Å². The third-order valence-electron chi connectivity index (χ3n) is 9.07. The number of amidine groups is 1. The predicted octanol–water partition coefficient (Wildman–Crippen LogP) is 8.40. The van der Waals surface area contributed by atoms with Gasteiger partial charge in [0, 0.05) is 33.6 Å². The predicted molar refractivity (Wildman–Crippen MR) is 187 cm³/mol. The van der Waals surface area contributed by atoms with Crippen LogP contribution in [-0.4, -0.2) is 5.84 Å². The standard InChI is InChI=1S/C41H32N4O/c1-26(27-13-4-2-5-14-27)44-40(28-15-6-3-7-16-28)45-39(43)29-23-24-31-30(25-29)38-34(19-12-20-35(38)42)41(31)32-17-8-10-21-36(32)46-37-22-11-9-18-33(37)41/h2-25,39H,1,42-43H2,(H,44,45). The van der Waals surface area contributed by atoms with Gasteiger partial charge in [-0.25, -0.2) is 4.99 Å². The molecule has 0 radical (unpaired) electrons. The molecule has 1 unspecified atom stereocenters. The van der Waals surface area contributed by atoms with Gasteiger partial charge in [-0.1, -0.05) is 128 Å². The largest absolute Gasteiger partial charge is 0.457 e. The fourth-order valence-electron chi connectivity index (χ4n) is 7.03. The molecule has 46 heavy (non-hydrogen) atoms. The van der Waals surface area contributed by atoms with Crippen LogP contribution in [0.2, 0.25) is 0 Å². The summed E-state index contributed by atoms with van der Waals surface area (Å²) in [5, 5.41) is 3.44. The molecule has 2 aliphatic rings. The molecule has 0 amide bonds. The van der Waals surface area contributed by atoms with Crippen LogP contribution in [0.1, 0.15) is 45.1 Å². The minimum Gasteiger partial charge on any atom is -0.457 e. The Morgan fingerprint density at radius 2 is 1.24 bits per heavy atom. The van der Waals surface area contributed by atoms with Gasteiger partial charge in [-0.15, -0.1) is 0 Å². The monoisotopic (exact) mass is 596 g/mol. The summed E-state index contributed by atoms with van der Waals surface area (Å²) < 4.78 is 6.45. The number of nitrogen functional groups attached to an aromatic ring is 1. The van der Waals surface area contributed by atoms with Crippen molar-refractivity contribution in [2.24, 2.45) is 10.7 Å². The van der Waals surface area contributed by atoms with Crippen LogP contribution < -0.4 is 21.5 Å². The van der Waals surface area contributed by atoms with Crippen molar-refractivity contribution in [3.05, 3.63) is 191 Å². The van der Waals surface area contributed by atoms with Crippen LogP contribution in [0, 0.1) is 0 Å². The molecule has 222 valence electrons. The lowest BCUT2D eigenvalue weighted by atomic mass is 9.66. The van der Waals surface area contributed by atoms with Gasteiger partial charge in [0.05, 0.1) is 5.41 Å². The van der Waals surface area contributed by atoms with Crippen LogP contribution in [0.4, 0.5) is 5.69 Å². The van der Waals surface area contributed by atoms with Gasteiger partial charge in [-0.05, 0) is 52.1 Å². The van der Waals surface area contributed by atoms with Gasteiger partial charge >= 0.3 is 0 Å². The van der Waals surface area contributed by atoms with E-state index in [4.69, 9.17) is 21.2 Å². The smallest absolute Gasteiger partial charge is 0.134 e. The third kappa shape index (κ3) is 4.25. The first-order valence-electron chi connectivity index (χ1n) is 15.4. The SMILES string of the molecule is C=C(NC(=NC(N)c1ccc2c(c1)-c1c(N)cccc1C21c2ccccc2Oc2ccccc21)c1ccccc1)c1ccccc1. The second-order valence-electron chi connectivity index (χ2n) is 11.7. The van der Waals surface area contributed by atoms with Crippen LogP contribution in [0.25, 0.3) is 16.8 Å². The summed E-state index contributed by atoms with van der Waals surface area (Å²) in [6.07, 6.45) is -0.657. The van der Waals surface area contributed by atoms with E-state index in [9.17, 15) is 0 Å². The Balaban J connectivity index is 1.28. The topological polar surface area (TPSA) is 85.7 Å². The average Bonchev–Trinajstić information content (AvgIpc) is 3.40. The number of benzene rings is 6. The zero-order valence-corrected chi connectivity index (χ0v) is 25.2. The van der Waals surface area contributed by atoms with E-state index in [0.717, 1.165) is 73.0 Å². The number of aliphatic imine (C=N–C) groups is 1. The van der Waals surface area contributed by atoms with Gasteiger partial charge in [0.2, 0.25) is 0 Å². The summed E-state index contributed by atoms with van der Waals surface area (Å²) in [4.78, 5) is 5.03. The molecule has 6 aromatic rings. The lowest BCUT2D eigenvalue weighted by Gasteiger charge is -2.39. The third-order valence-corrected chi connectivity index (χ3v) is 9.07. The molecule has 1 spiro atoms. The number of nitrogens with one attached hydrogen (secondary N) is 1. The van der Waals surface area contributed by atoms with Crippen LogP contribution in [0.3, 0.4) is 0 Å². The first-order valence-corrected chi connectivity index (χ1v) is 15.4. The molecule has 5 N–H and O–H groups in total. The number of nitrogens with zero attached hydrogens (tertiary/aromatic N) is 1. The molecule has 5 nitrogen and oxygen atoms in total. The minimum absolute atomic E-state index is 0.596. The summed E-state index contributed by atoms with van der Waals surface area (Å²) in [7, 11) is 0. The summed E-state index contributed by atoms with van der Waals surface area (Å²) in [6, 6.07) is 49.2. The van der Waals surface area contributed by atoms with E-state index in [-0.39, 0.29) is 0 Å². The summed E-state index contributed by atoms with van der Waals surface area (Å²) in [5.74, 6) is 2.32. The second-order valence-corrected chi connectivity index (χ2v) is 11.7. The molecule has 1 aliphatic heterocycles. The van der Waals surface area contributed by atoms with E-state index in [1.165, 1.54) is 0 Å². The van der Waals surface area contributed by atoms with E-state index in [1.54, 1.807) is 0 Å².